The van der Waals surface area contributed by atoms with Crippen LogP contribution in [0.15, 0.2) is 12.7 Å². The van der Waals surface area contributed by atoms with Crippen LogP contribution in [0.3, 0.4) is 0 Å². The van der Waals surface area contributed by atoms with Gasteiger partial charge in [-0.3, -0.25) is 4.90 Å². The molecule has 0 atom stereocenters. The van der Waals surface area contributed by atoms with E-state index in [2.05, 4.69) is 6.58 Å². The summed E-state index contributed by atoms with van der Waals surface area (Å²) in [5.74, 6) is 0. The molecule has 1 heterocycles. The minimum Gasteiger partial charge on any atom is -0.445 e. The lowest BCUT2D eigenvalue weighted by atomic mass is 10.2. The van der Waals surface area contributed by atoms with Crippen LogP contribution in [0.1, 0.15) is 0 Å². The summed E-state index contributed by atoms with van der Waals surface area (Å²) in [5.41, 5.74) is 0. The zero-order chi connectivity index (χ0) is 11.3. The number of rotatable bonds is 5. The lowest BCUT2D eigenvalue weighted by molar-refractivity contribution is -0.0714. The normalized spacial score (nSPS) is 15.9. The molecule has 0 aromatic rings. The molecule has 0 bridgehead atoms. The van der Waals surface area contributed by atoms with Gasteiger partial charge < -0.3 is 9.47 Å². The highest BCUT2D eigenvalue weighted by atomic mass is 19.3. The number of carbonyl (C=O) groups is 1. The minimum absolute atomic E-state index is 0.0200. The van der Waals surface area contributed by atoms with Gasteiger partial charge in [0, 0.05) is 0 Å². The third-order valence-corrected chi connectivity index (χ3v) is 1.96. The second kappa shape index (κ2) is 5.65. The maximum Gasteiger partial charge on any atom is 0.410 e. The maximum absolute atomic E-state index is 12.2. The summed E-state index contributed by atoms with van der Waals surface area (Å²) in [5, 5.41) is 0. The van der Waals surface area contributed by atoms with Gasteiger partial charge in [0.1, 0.15) is 6.61 Å². The Kier molecular flexibility index (Phi) is 4.48. The Morgan fingerprint density at radius 1 is 1.67 bits per heavy atom. The Hall–Kier alpha value is -1.17. The van der Waals surface area contributed by atoms with Gasteiger partial charge >= 0.3 is 6.09 Å². The molecule has 0 aliphatic carbocycles. The van der Waals surface area contributed by atoms with Crippen molar-refractivity contribution in [3.63, 3.8) is 0 Å². The predicted octanol–water partition coefficient (Wildman–Crippen LogP) is 1.27. The summed E-state index contributed by atoms with van der Waals surface area (Å²) in [6, 6.07) is -0.295. The van der Waals surface area contributed by atoms with E-state index >= 15 is 0 Å². The fourth-order valence-electron chi connectivity index (χ4n) is 1.14. The first kappa shape index (κ1) is 11.9. The third kappa shape index (κ3) is 3.47. The van der Waals surface area contributed by atoms with E-state index in [1.54, 1.807) is 0 Å². The van der Waals surface area contributed by atoms with Gasteiger partial charge in [0.25, 0.3) is 6.43 Å². The van der Waals surface area contributed by atoms with E-state index in [1.807, 2.05) is 0 Å². The van der Waals surface area contributed by atoms with Gasteiger partial charge in [0.2, 0.25) is 0 Å². The molecule has 1 saturated heterocycles. The summed E-state index contributed by atoms with van der Waals surface area (Å²) in [6.07, 6.45) is -1.93. The molecule has 1 aliphatic rings. The smallest absolute Gasteiger partial charge is 0.410 e. The highest BCUT2D eigenvalue weighted by molar-refractivity contribution is 5.68. The molecule has 4 nitrogen and oxygen atoms in total. The van der Waals surface area contributed by atoms with Crippen molar-refractivity contribution in [3.05, 3.63) is 12.7 Å². The molecule has 0 radical (unpaired) electrons. The molecule has 1 rings (SSSR count). The van der Waals surface area contributed by atoms with Crippen molar-refractivity contribution in [2.45, 2.75) is 12.5 Å². The average Bonchev–Trinajstić information content (AvgIpc) is 2.09. The topological polar surface area (TPSA) is 38.8 Å². The number of ether oxygens (including phenoxy) is 2. The highest BCUT2D eigenvalue weighted by Crippen LogP contribution is 2.13. The van der Waals surface area contributed by atoms with Crippen LogP contribution in [0, 0.1) is 0 Å². The number of hydrogen-bond donors (Lipinski definition) is 0. The molecular weight excluding hydrogens is 208 g/mol. The quantitative estimate of drug-likeness (QED) is 0.656. The van der Waals surface area contributed by atoms with Crippen LogP contribution >= 0.6 is 0 Å². The summed E-state index contributed by atoms with van der Waals surface area (Å²) in [6.45, 7) is 3.34. The number of nitrogens with zero attached hydrogens (tertiary/aromatic N) is 1. The van der Waals surface area contributed by atoms with Crippen molar-refractivity contribution in [1.82, 2.24) is 4.90 Å². The first-order valence-corrected chi connectivity index (χ1v) is 4.55. The van der Waals surface area contributed by atoms with Crippen LogP contribution in [-0.4, -0.2) is 49.8 Å². The van der Waals surface area contributed by atoms with E-state index in [-0.39, 0.29) is 25.9 Å². The molecule has 15 heavy (non-hydrogen) atoms. The molecule has 0 spiro atoms. The van der Waals surface area contributed by atoms with Crippen molar-refractivity contribution in [2.24, 2.45) is 0 Å². The Morgan fingerprint density at radius 3 is 2.73 bits per heavy atom. The molecule has 0 aromatic heterocycles. The van der Waals surface area contributed by atoms with E-state index in [0.717, 1.165) is 4.90 Å². The second-order valence-electron chi connectivity index (χ2n) is 3.10. The molecular formula is C9H13F2NO3. The second-order valence-corrected chi connectivity index (χ2v) is 3.10. The van der Waals surface area contributed by atoms with E-state index in [1.165, 1.54) is 6.08 Å². The Morgan fingerprint density at radius 2 is 2.33 bits per heavy atom. The van der Waals surface area contributed by atoms with Crippen molar-refractivity contribution in [1.29, 1.82) is 0 Å². The minimum atomic E-state index is -2.57. The molecule has 0 saturated carbocycles. The van der Waals surface area contributed by atoms with Crippen molar-refractivity contribution in [3.8, 4) is 0 Å². The van der Waals surface area contributed by atoms with Crippen molar-refractivity contribution < 1.29 is 23.0 Å². The van der Waals surface area contributed by atoms with E-state index < -0.39 is 19.1 Å². The monoisotopic (exact) mass is 221 g/mol. The van der Waals surface area contributed by atoms with Crippen molar-refractivity contribution >= 4 is 6.09 Å². The van der Waals surface area contributed by atoms with Crippen LogP contribution in [0.5, 0.6) is 0 Å². The summed E-state index contributed by atoms with van der Waals surface area (Å²) in [4.78, 5) is 12.3. The highest BCUT2D eigenvalue weighted by Gasteiger charge is 2.32. The van der Waals surface area contributed by atoms with E-state index in [0.29, 0.717) is 0 Å². The fourth-order valence-corrected chi connectivity index (χ4v) is 1.14. The molecule has 86 valence electrons. The van der Waals surface area contributed by atoms with Crippen LogP contribution < -0.4 is 0 Å². The third-order valence-electron chi connectivity index (χ3n) is 1.96. The predicted molar refractivity (Wildman–Crippen MR) is 48.9 cm³/mol. The van der Waals surface area contributed by atoms with Gasteiger partial charge in [0.15, 0.2) is 0 Å². The fraction of sp³-hybridized carbons (Fsp3) is 0.667. The molecule has 0 unspecified atom stereocenters. The lowest BCUT2D eigenvalue weighted by Crippen LogP contribution is -2.53. The average molecular weight is 221 g/mol. The van der Waals surface area contributed by atoms with Gasteiger partial charge in [-0.1, -0.05) is 12.7 Å². The molecule has 0 N–H and O–H groups in total. The number of amides is 1. The van der Waals surface area contributed by atoms with E-state index in [4.69, 9.17) is 9.47 Å². The van der Waals surface area contributed by atoms with Gasteiger partial charge in [-0.05, 0) is 0 Å². The largest absolute Gasteiger partial charge is 0.445 e. The van der Waals surface area contributed by atoms with Gasteiger partial charge in [-0.2, -0.15) is 0 Å². The summed E-state index contributed by atoms with van der Waals surface area (Å²) >= 11 is 0. The van der Waals surface area contributed by atoms with E-state index in [9.17, 15) is 13.6 Å². The SMILES string of the molecule is C=CCOC(=O)N(CC(F)F)C1COC1. The van der Waals surface area contributed by atoms with Gasteiger partial charge in [-0.15, -0.1) is 0 Å². The summed E-state index contributed by atoms with van der Waals surface area (Å²) < 4.78 is 33.9. The van der Waals surface area contributed by atoms with Crippen molar-refractivity contribution in [2.75, 3.05) is 26.4 Å². The number of alkyl halides is 2. The number of halogens is 2. The van der Waals surface area contributed by atoms with Crippen LogP contribution in [-0.2, 0) is 9.47 Å². The molecule has 6 heteroatoms. The molecule has 1 aliphatic heterocycles. The standard InChI is InChI=1S/C9H13F2NO3/c1-2-3-15-9(13)12(4-8(10)11)7-5-14-6-7/h2,7-8H,1,3-6H2. The first-order chi connectivity index (χ1) is 7.15. The molecule has 0 aromatic carbocycles. The van der Waals surface area contributed by atoms with Crippen LogP contribution in [0.25, 0.3) is 0 Å². The lowest BCUT2D eigenvalue weighted by Gasteiger charge is -2.36. The Balaban J connectivity index is 2.46. The molecule has 1 amide bonds. The van der Waals surface area contributed by atoms with Gasteiger partial charge in [-0.25, -0.2) is 13.6 Å². The van der Waals surface area contributed by atoms with Crippen LogP contribution in [0.2, 0.25) is 0 Å². The number of carbonyl (C=O) groups excluding carboxylic acids is 1. The first-order valence-electron chi connectivity index (χ1n) is 4.55. The Bertz CT molecular complexity index is 231. The van der Waals surface area contributed by atoms with Crippen LogP contribution in [0.4, 0.5) is 13.6 Å². The molecule has 1 fully saturated rings. The zero-order valence-corrected chi connectivity index (χ0v) is 8.20. The Labute approximate surface area is 86.4 Å². The maximum atomic E-state index is 12.2. The summed E-state index contributed by atoms with van der Waals surface area (Å²) in [7, 11) is 0. The number of hydrogen-bond acceptors (Lipinski definition) is 3. The van der Waals surface area contributed by atoms with Gasteiger partial charge in [0.05, 0.1) is 25.8 Å². The zero-order valence-electron chi connectivity index (χ0n) is 8.20.